The zero-order chi connectivity index (χ0) is 17.4. The number of hydrogen-bond donors (Lipinski definition) is 0. The molecule has 130 valence electrons. The fourth-order valence-electron chi connectivity index (χ4n) is 3.43. The molecule has 0 bridgehead atoms. The van der Waals surface area contributed by atoms with E-state index >= 15 is 0 Å². The largest absolute Gasteiger partial charge is 0.276 e. The summed E-state index contributed by atoms with van der Waals surface area (Å²) in [5, 5.41) is 10.8. The summed E-state index contributed by atoms with van der Waals surface area (Å²) >= 11 is 7.49. The van der Waals surface area contributed by atoms with Crippen LogP contribution in [0.5, 0.6) is 0 Å². The van der Waals surface area contributed by atoms with E-state index in [9.17, 15) is 0 Å². The van der Waals surface area contributed by atoms with Crippen LogP contribution in [0, 0.1) is 18.6 Å². The lowest BCUT2D eigenvalue weighted by Crippen LogP contribution is -2.26. The second kappa shape index (κ2) is 6.82. The van der Waals surface area contributed by atoms with Crippen molar-refractivity contribution in [2.24, 2.45) is 0 Å². The summed E-state index contributed by atoms with van der Waals surface area (Å²) in [7, 11) is 0. The summed E-state index contributed by atoms with van der Waals surface area (Å²) in [4.78, 5) is 3.87. The van der Waals surface area contributed by atoms with E-state index in [0.717, 1.165) is 17.8 Å². The number of rotatable bonds is 4. The van der Waals surface area contributed by atoms with Crippen LogP contribution in [-0.4, -0.2) is 31.2 Å². The highest BCUT2D eigenvalue weighted by atomic mass is 32.1. The van der Waals surface area contributed by atoms with Gasteiger partial charge >= 0.3 is 0 Å². The summed E-state index contributed by atoms with van der Waals surface area (Å²) in [6.07, 6.45) is 2.40. The quantitative estimate of drug-likeness (QED) is 0.642. The molecule has 0 amide bonds. The van der Waals surface area contributed by atoms with E-state index in [1.165, 1.54) is 23.3 Å². The first-order valence-corrected chi connectivity index (χ1v) is 9.80. The lowest BCUT2D eigenvalue weighted by Gasteiger charge is -2.22. The topological polar surface area (TPSA) is 38.9 Å². The van der Waals surface area contributed by atoms with Gasteiger partial charge in [-0.1, -0.05) is 18.2 Å². The Labute approximate surface area is 156 Å². The van der Waals surface area contributed by atoms with Crippen molar-refractivity contribution in [2.45, 2.75) is 39.4 Å². The molecule has 1 aromatic carbocycles. The molecular formula is C18H21N5S2. The van der Waals surface area contributed by atoms with Crippen LogP contribution < -0.4 is 0 Å². The van der Waals surface area contributed by atoms with Crippen LogP contribution in [0.1, 0.15) is 34.9 Å². The maximum Gasteiger partial charge on any atom is 0.221 e. The van der Waals surface area contributed by atoms with Gasteiger partial charge in [-0.15, -0.1) is 11.3 Å². The Morgan fingerprint density at radius 1 is 1.24 bits per heavy atom. The average Bonchev–Trinajstić information content (AvgIpc) is 3.32. The van der Waals surface area contributed by atoms with Crippen molar-refractivity contribution >= 4 is 23.6 Å². The number of tetrazole rings is 1. The van der Waals surface area contributed by atoms with E-state index < -0.39 is 0 Å². The minimum atomic E-state index is 0.466. The summed E-state index contributed by atoms with van der Waals surface area (Å²) in [5.74, 6) is 0. The summed E-state index contributed by atoms with van der Waals surface area (Å²) < 4.78 is 4.25. The molecule has 0 saturated carbocycles. The highest BCUT2D eigenvalue weighted by Gasteiger charge is 2.27. The van der Waals surface area contributed by atoms with E-state index in [1.54, 1.807) is 4.68 Å². The number of nitrogens with zero attached hydrogens (tertiary/aromatic N) is 5. The van der Waals surface area contributed by atoms with Crippen molar-refractivity contribution in [3.05, 3.63) is 56.5 Å². The van der Waals surface area contributed by atoms with Gasteiger partial charge in [-0.3, -0.25) is 4.90 Å². The predicted molar refractivity (Wildman–Crippen MR) is 103 cm³/mol. The third-order valence-electron chi connectivity index (χ3n) is 4.78. The summed E-state index contributed by atoms with van der Waals surface area (Å²) in [6.45, 7) is 5.91. The normalized spacial score (nSPS) is 18.1. The number of aryl methyl sites for hydroxylation is 2. The second-order valence-electron chi connectivity index (χ2n) is 6.59. The zero-order valence-corrected chi connectivity index (χ0v) is 16.1. The number of benzene rings is 1. The number of thiophene rings is 1. The molecule has 5 nitrogen and oxygen atoms in total. The molecule has 1 saturated heterocycles. The maximum atomic E-state index is 5.66. The minimum absolute atomic E-state index is 0.466. The van der Waals surface area contributed by atoms with E-state index in [1.807, 2.05) is 16.0 Å². The van der Waals surface area contributed by atoms with Gasteiger partial charge in [0.1, 0.15) is 0 Å². The first-order chi connectivity index (χ1) is 12.1. The van der Waals surface area contributed by atoms with Crippen molar-refractivity contribution in [3.63, 3.8) is 0 Å². The maximum absolute atomic E-state index is 5.66. The highest BCUT2D eigenvalue weighted by molar-refractivity contribution is 7.71. The first kappa shape index (κ1) is 16.6. The van der Waals surface area contributed by atoms with Gasteiger partial charge in [0.2, 0.25) is 4.77 Å². The number of hydrogen-bond acceptors (Lipinski definition) is 5. The SMILES string of the molecule is Cc1ccc(C)c(-n2nnn(CN3CCC[C@@H]3c3cccs3)c2=S)c1. The van der Waals surface area contributed by atoms with E-state index in [-0.39, 0.29) is 0 Å². The molecule has 4 rings (SSSR count). The van der Waals surface area contributed by atoms with Crippen LogP contribution in [0.15, 0.2) is 35.7 Å². The van der Waals surface area contributed by atoms with Crippen LogP contribution in [0.4, 0.5) is 0 Å². The van der Waals surface area contributed by atoms with E-state index in [4.69, 9.17) is 12.2 Å². The Kier molecular flexibility index (Phi) is 4.54. The molecule has 3 aromatic rings. The fourth-order valence-corrected chi connectivity index (χ4v) is 4.56. The molecule has 1 atom stereocenters. The summed E-state index contributed by atoms with van der Waals surface area (Å²) in [6, 6.07) is 11.1. The molecule has 2 aromatic heterocycles. The predicted octanol–water partition coefficient (Wildman–Crippen LogP) is 4.27. The van der Waals surface area contributed by atoms with Crippen molar-refractivity contribution in [2.75, 3.05) is 6.54 Å². The van der Waals surface area contributed by atoms with Gasteiger partial charge in [-0.25, -0.2) is 4.68 Å². The van der Waals surface area contributed by atoms with Crippen molar-refractivity contribution in [1.29, 1.82) is 0 Å². The van der Waals surface area contributed by atoms with E-state index in [0.29, 0.717) is 17.5 Å². The molecule has 1 aliphatic rings. The van der Waals surface area contributed by atoms with Gasteiger partial charge in [0.05, 0.1) is 12.4 Å². The number of aromatic nitrogens is 4. The summed E-state index contributed by atoms with van der Waals surface area (Å²) in [5.41, 5.74) is 3.34. The molecule has 1 aliphatic heterocycles. The third-order valence-corrected chi connectivity index (χ3v) is 6.14. The average molecular weight is 372 g/mol. The third kappa shape index (κ3) is 3.19. The van der Waals surface area contributed by atoms with Crippen LogP contribution in [0.3, 0.4) is 0 Å². The molecule has 0 aliphatic carbocycles. The minimum Gasteiger partial charge on any atom is -0.276 e. The van der Waals surface area contributed by atoms with Crippen LogP contribution >= 0.6 is 23.6 Å². The monoisotopic (exact) mass is 371 g/mol. The second-order valence-corrected chi connectivity index (χ2v) is 7.93. The lowest BCUT2D eigenvalue weighted by atomic mass is 10.1. The Morgan fingerprint density at radius 3 is 2.92 bits per heavy atom. The van der Waals surface area contributed by atoms with Crippen LogP contribution in [0.25, 0.3) is 5.69 Å². The Balaban J connectivity index is 1.61. The van der Waals surface area contributed by atoms with Gasteiger partial charge in [0.15, 0.2) is 0 Å². The van der Waals surface area contributed by atoms with Crippen LogP contribution in [0.2, 0.25) is 0 Å². The van der Waals surface area contributed by atoms with Crippen molar-refractivity contribution in [3.8, 4) is 5.69 Å². The molecule has 0 unspecified atom stereocenters. The zero-order valence-electron chi connectivity index (χ0n) is 14.4. The number of likely N-dealkylation sites (tertiary alicyclic amines) is 1. The smallest absolute Gasteiger partial charge is 0.221 e. The molecule has 0 N–H and O–H groups in total. The van der Waals surface area contributed by atoms with Crippen LogP contribution in [-0.2, 0) is 6.67 Å². The van der Waals surface area contributed by atoms with Gasteiger partial charge < -0.3 is 0 Å². The molecule has 3 heterocycles. The molecule has 25 heavy (non-hydrogen) atoms. The lowest BCUT2D eigenvalue weighted by molar-refractivity contribution is 0.190. The van der Waals surface area contributed by atoms with Crippen molar-refractivity contribution in [1.82, 2.24) is 24.7 Å². The molecule has 7 heteroatoms. The molecule has 1 fully saturated rings. The first-order valence-electron chi connectivity index (χ1n) is 8.51. The Hall–Kier alpha value is -1.83. The molecule has 0 spiro atoms. The molecule has 0 radical (unpaired) electrons. The van der Waals surface area contributed by atoms with Gasteiger partial charge in [0, 0.05) is 17.5 Å². The molecular weight excluding hydrogens is 350 g/mol. The van der Waals surface area contributed by atoms with Crippen molar-refractivity contribution < 1.29 is 0 Å². The van der Waals surface area contributed by atoms with Gasteiger partial charge in [0.25, 0.3) is 0 Å². The van der Waals surface area contributed by atoms with E-state index in [2.05, 4.69) is 64.9 Å². The van der Waals surface area contributed by atoms with Gasteiger partial charge in [-0.2, -0.15) is 4.68 Å². The highest BCUT2D eigenvalue weighted by Crippen LogP contribution is 2.34. The Bertz CT molecular complexity index is 925. The fraction of sp³-hybridized carbons (Fsp3) is 0.389. The standard InChI is InChI=1S/C18H21N5S2/c1-13-7-8-14(2)16(11-13)23-18(24)22(19-20-23)12-21-9-3-5-15(21)17-6-4-10-25-17/h4,6-8,10-11,15H,3,5,9,12H2,1-2H3/t15-/m1/s1. The van der Waals surface area contributed by atoms with Gasteiger partial charge in [-0.05, 0) is 78.0 Å². The Morgan fingerprint density at radius 2 is 2.12 bits per heavy atom.